The molecule has 0 spiro atoms. The Kier molecular flexibility index (Phi) is 4.94. The molecule has 6 heteroatoms. The minimum absolute atomic E-state index is 0.392. The molecule has 0 aliphatic heterocycles. The number of benzene rings is 1. The molecule has 0 radical (unpaired) electrons. The van der Waals surface area contributed by atoms with Gasteiger partial charge in [0.15, 0.2) is 0 Å². The highest BCUT2D eigenvalue weighted by atomic mass is 79.9. The lowest BCUT2D eigenvalue weighted by Gasteiger charge is -2.26. The van der Waals surface area contributed by atoms with Gasteiger partial charge in [0.2, 0.25) is 0 Å². The molecule has 0 unspecified atom stereocenters. The van der Waals surface area contributed by atoms with Crippen molar-refractivity contribution in [2.24, 2.45) is 0 Å². The van der Waals surface area contributed by atoms with Crippen LogP contribution in [-0.4, -0.2) is 34.6 Å². The maximum Gasteiger partial charge on any atom is 0.328 e. The minimum Gasteiger partial charge on any atom is -0.480 e. The molecule has 0 atom stereocenters. The largest absolute Gasteiger partial charge is 0.480 e. The lowest BCUT2D eigenvalue weighted by molar-refractivity contribution is -0.143. The van der Waals surface area contributed by atoms with Crippen LogP contribution in [-0.2, 0) is 11.3 Å². The highest BCUT2D eigenvalue weighted by Gasteiger charge is 2.30. The van der Waals surface area contributed by atoms with Crippen LogP contribution in [0.3, 0.4) is 0 Å². The second kappa shape index (κ2) is 6.06. The first-order valence-corrected chi connectivity index (χ1v) is 6.53. The van der Waals surface area contributed by atoms with Gasteiger partial charge >= 0.3 is 12.0 Å². The minimum atomic E-state index is -1.29. The van der Waals surface area contributed by atoms with Gasteiger partial charge < -0.3 is 15.3 Å². The van der Waals surface area contributed by atoms with Crippen molar-refractivity contribution in [3.63, 3.8) is 0 Å². The molecule has 0 aliphatic rings. The lowest BCUT2D eigenvalue weighted by Crippen LogP contribution is -2.53. The van der Waals surface area contributed by atoms with Gasteiger partial charge in [0.05, 0.1) is 0 Å². The molecule has 0 heterocycles. The van der Waals surface area contributed by atoms with Crippen LogP contribution in [0.15, 0.2) is 28.7 Å². The summed E-state index contributed by atoms with van der Waals surface area (Å²) in [4.78, 5) is 24.3. The zero-order chi connectivity index (χ0) is 14.6. The summed E-state index contributed by atoms with van der Waals surface area (Å²) in [6.45, 7) is 3.28. The summed E-state index contributed by atoms with van der Waals surface area (Å²) in [5.41, 5.74) is -0.340. The van der Waals surface area contributed by atoms with Crippen LogP contribution in [0, 0.1) is 0 Å². The normalized spacial score (nSPS) is 10.9. The van der Waals surface area contributed by atoms with Gasteiger partial charge in [0.25, 0.3) is 0 Å². The Labute approximate surface area is 120 Å². The molecule has 19 heavy (non-hydrogen) atoms. The molecule has 1 aromatic carbocycles. The maximum absolute atomic E-state index is 11.9. The van der Waals surface area contributed by atoms with E-state index in [1.54, 1.807) is 7.05 Å². The van der Waals surface area contributed by atoms with E-state index in [9.17, 15) is 9.59 Å². The molecule has 1 rings (SSSR count). The van der Waals surface area contributed by atoms with E-state index in [-0.39, 0.29) is 0 Å². The molecule has 5 nitrogen and oxygen atoms in total. The SMILES string of the molecule is CN(Cc1ccccc1Br)C(=O)NC(C)(C)C(=O)O. The van der Waals surface area contributed by atoms with Crippen molar-refractivity contribution in [3.05, 3.63) is 34.3 Å². The van der Waals surface area contributed by atoms with E-state index in [1.165, 1.54) is 18.7 Å². The average molecular weight is 329 g/mol. The van der Waals surface area contributed by atoms with Crippen molar-refractivity contribution < 1.29 is 14.7 Å². The summed E-state index contributed by atoms with van der Waals surface area (Å²) < 4.78 is 0.909. The number of carbonyl (C=O) groups excluding carboxylic acids is 1. The van der Waals surface area contributed by atoms with Crippen LogP contribution >= 0.6 is 15.9 Å². The quantitative estimate of drug-likeness (QED) is 0.891. The number of nitrogens with one attached hydrogen (secondary N) is 1. The predicted octanol–water partition coefficient (Wildman–Crippen LogP) is 2.45. The fourth-order valence-corrected chi connectivity index (χ4v) is 1.78. The molecular weight excluding hydrogens is 312 g/mol. The monoisotopic (exact) mass is 328 g/mol. The van der Waals surface area contributed by atoms with Crippen molar-refractivity contribution in [3.8, 4) is 0 Å². The van der Waals surface area contributed by atoms with Gasteiger partial charge in [-0.2, -0.15) is 0 Å². The van der Waals surface area contributed by atoms with E-state index in [4.69, 9.17) is 5.11 Å². The zero-order valence-corrected chi connectivity index (χ0v) is 12.7. The number of hydrogen-bond acceptors (Lipinski definition) is 2. The van der Waals surface area contributed by atoms with E-state index in [1.807, 2.05) is 24.3 Å². The number of aliphatic carboxylic acids is 1. The fraction of sp³-hybridized carbons (Fsp3) is 0.385. The number of halogens is 1. The standard InChI is InChI=1S/C13H17BrN2O3/c1-13(2,11(17)18)15-12(19)16(3)8-9-6-4-5-7-10(9)14/h4-7H,8H2,1-3H3,(H,15,19)(H,17,18). The Morgan fingerprint density at radius 3 is 2.47 bits per heavy atom. The van der Waals surface area contributed by atoms with Gasteiger partial charge in [-0.05, 0) is 25.5 Å². The van der Waals surface area contributed by atoms with E-state index >= 15 is 0 Å². The van der Waals surface area contributed by atoms with Crippen molar-refractivity contribution in [1.29, 1.82) is 0 Å². The number of carbonyl (C=O) groups is 2. The van der Waals surface area contributed by atoms with Gasteiger partial charge in [-0.25, -0.2) is 9.59 Å². The molecule has 0 aromatic heterocycles. The number of amides is 2. The van der Waals surface area contributed by atoms with Crippen LogP contribution in [0.2, 0.25) is 0 Å². The third-order valence-corrected chi connectivity index (χ3v) is 3.44. The number of hydrogen-bond donors (Lipinski definition) is 2. The Hall–Kier alpha value is -1.56. The second-order valence-corrected chi connectivity index (χ2v) is 5.66. The highest BCUT2D eigenvalue weighted by Crippen LogP contribution is 2.17. The number of rotatable bonds is 4. The molecule has 104 valence electrons. The molecule has 0 saturated heterocycles. The van der Waals surface area contributed by atoms with E-state index in [0.717, 1.165) is 10.0 Å². The van der Waals surface area contributed by atoms with E-state index in [2.05, 4.69) is 21.2 Å². The Balaban J connectivity index is 2.69. The third kappa shape index (κ3) is 4.24. The fourth-order valence-electron chi connectivity index (χ4n) is 1.37. The number of nitrogens with zero attached hydrogens (tertiary/aromatic N) is 1. The third-order valence-electron chi connectivity index (χ3n) is 2.67. The van der Waals surface area contributed by atoms with Crippen LogP contribution in [0.25, 0.3) is 0 Å². The summed E-state index contributed by atoms with van der Waals surface area (Å²) in [7, 11) is 1.62. The van der Waals surface area contributed by atoms with Crippen molar-refractivity contribution in [2.45, 2.75) is 25.9 Å². The smallest absolute Gasteiger partial charge is 0.328 e. The maximum atomic E-state index is 11.9. The van der Waals surface area contributed by atoms with Gasteiger partial charge in [-0.1, -0.05) is 34.1 Å². The Bertz CT molecular complexity index is 489. The van der Waals surface area contributed by atoms with Crippen LogP contribution in [0.1, 0.15) is 19.4 Å². The highest BCUT2D eigenvalue weighted by molar-refractivity contribution is 9.10. The first-order valence-electron chi connectivity index (χ1n) is 5.74. The summed E-state index contributed by atoms with van der Waals surface area (Å²) in [5.74, 6) is -1.07. The zero-order valence-electron chi connectivity index (χ0n) is 11.1. The van der Waals surface area contributed by atoms with Gasteiger partial charge in [-0.3, -0.25) is 0 Å². The van der Waals surface area contributed by atoms with Crippen LogP contribution < -0.4 is 5.32 Å². The number of carboxylic acid groups (broad SMARTS) is 1. The Morgan fingerprint density at radius 1 is 1.37 bits per heavy atom. The summed E-state index contributed by atoms with van der Waals surface area (Å²) in [6.07, 6.45) is 0. The first-order chi connectivity index (χ1) is 8.74. The summed E-state index contributed by atoms with van der Waals surface area (Å²) in [5, 5.41) is 11.4. The lowest BCUT2D eigenvalue weighted by atomic mass is 10.1. The van der Waals surface area contributed by atoms with Gasteiger partial charge in [-0.15, -0.1) is 0 Å². The van der Waals surface area contributed by atoms with E-state index < -0.39 is 17.5 Å². The summed E-state index contributed by atoms with van der Waals surface area (Å²) in [6, 6.07) is 7.13. The molecule has 2 amide bonds. The topological polar surface area (TPSA) is 69.6 Å². The van der Waals surface area contributed by atoms with Crippen molar-refractivity contribution in [2.75, 3.05) is 7.05 Å². The molecule has 0 aliphatic carbocycles. The number of carboxylic acids is 1. The van der Waals surface area contributed by atoms with Gasteiger partial charge in [0.1, 0.15) is 5.54 Å². The van der Waals surface area contributed by atoms with Gasteiger partial charge in [0, 0.05) is 18.1 Å². The van der Waals surface area contributed by atoms with E-state index in [0.29, 0.717) is 6.54 Å². The predicted molar refractivity (Wildman–Crippen MR) is 75.9 cm³/mol. The first kappa shape index (κ1) is 15.5. The second-order valence-electron chi connectivity index (χ2n) is 4.81. The average Bonchev–Trinajstić information content (AvgIpc) is 2.31. The number of urea groups is 1. The summed E-state index contributed by atoms with van der Waals surface area (Å²) >= 11 is 3.41. The molecule has 0 fully saturated rings. The molecule has 0 bridgehead atoms. The van der Waals surface area contributed by atoms with Crippen LogP contribution in [0.4, 0.5) is 4.79 Å². The molecule has 2 N–H and O–H groups in total. The molecule has 0 saturated carbocycles. The Morgan fingerprint density at radius 2 is 1.95 bits per heavy atom. The van der Waals surface area contributed by atoms with Crippen LogP contribution in [0.5, 0.6) is 0 Å². The van der Waals surface area contributed by atoms with Crippen molar-refractivity contribution >= 4 is 27.9 Å². The molecular formula is C13H17BrN2O3. The molecule has 1 aromatic rings. The van der Waals surface area contributed by atoms with Crippen molar-refractivity contribution in [1.82, 2.24) is 10.2 Å².